The van der Waals surface area contributed by atoms with E-state index in [1.54, 1.807) is 33.0 Å². The van der Waals surface area contributed by atoms with E-state index in [1.165, 1.54) is 4.90 Å². The normalized spacial score (nSPS) is 11.9. The lowest BCUT2D eigenvalue weighted by atomic mass is 10.1. The zero-order valence-electron chi connectivity index (χ0n) is 16.4. The average Bonchev–Trinajstić information content (AvgIpc) is 3.04. The van der Waals surface area contributed by atoms with Gasteiger partial charge in [0.05, 0.1) is 6.61 Å². The minimum Gasteiger partial charge on any atom is -0.494 e. The topological polar surface area (TPSA) is 69.0 Å². The van der Waals surface area contributed by atoms with E-state index in [4.69, 9.17) is 13.9 Å². The summed E-state index contributed by atoms with van der Waals surface area (Å²) >= 11 is 0. The number of nitrogens with zero attached hydrogens (tertiary/aromatic N) is 1. The molecular weight excluding hydrogens is 358 g/mol. The first-order valence-corrected chi connectivity index (χ1v) is 9.12. The number of fused-ring (bicyclic) bond motifs is 1. The number of esters is 1. The lowest BCUT2D eigenvalue weighted by Gasteiger charge is -2.21. The fourth-order valence-electron chi connectivity index (χ4n) is 2.97. The molecule has 0 saturated heterocycles. The van der Waals surface area contributed by atoms with E-state index in [0.29, 0.717) is 23.5 Å². The average molecular weight is 381 g/mol. The number of para-hydroxylation sites is 1. The van der Waals surface area contributed by atoms with Crippen molar-refractivity contribution in [3.8, 4) is 5.75 Å². The Bertz CT molecular complexity index is 993. The molecule has 146 valence electrons. The molecular formula is C22H23NO5. The van der Waals surface area contributed by atoms with Crippen molar-refractivity contribution in [2.24, 2.45) is 0 Å². The van der Waals surface area contributed by atoms with Crippen LogP contribution in [0.3, 0.4) is 0 Å². The molecule has 3 aromatic rings. The number of ether oxygens (including phenoxy) is 2. The molecule has 1 atom stereocenters. The summed E-state index contributed by atoms with van der Waals surface area (Å²) in [5, 5.41) is 0.776. The first kappa shape index (κ1) is 19.5. The maximum Gasteiger partial charge on any atom is 0.375 e. The molecule has 0 radical (unpaired) electrons. The number of hydrogen-bond donors (Lipinski definition) is 0. The summed E-state index contributed by atoms with van der Waals surface area (Å²) in [4.78, 5) is 26.6. The van der Waals surface area contributed by atoms with Crippen LogP contribution in [0.4, 0.5) is 5.69 Å². The molecule has 0 spiro atoms. The van der Waals surface area contributed by atoms with Gasteiger partial charge in [0.2, 0.25) is 5.76 Å². The number of rotatable bonds is 6. The van der Waals surface area contributed by atoms with E-state index in [1.807, 2.05) is 43.3 Å². The van der Waals surface area contributed by atoms with Gasteiger partial charge in [0.25, 0.3) is 5.91 Å². The van der Waals surface area contributed by atoms with Gasteiger partial charge >= 0.3 is 5.97 Å². The molecule has 0 bridgehead atoms. The van der Waals surface area contributed by atoms with Gasteiger partial charge in [-0.15, -0.1) is 0 Å². The Balaban J connectivity index is 1.76. The maximum absolute atomic E-state index is 12.6. The van der Waals surface area contributed by atoms with E-state index < -0.39 is 12.1 Å². The summed E-state index contributed by atoms with van der Waals surface area (Å²) in [6, 6.07) is 14.5. The molecule has 3 rings (SSSR count). The first-order chi connectivity index (χ1) is 13.4. The van der Waals surface area contributed by atoms with E-state index in [-0.39, 0.29) is 11.7 Å². The lowest BCUT2D eigenvalue weighted by Crippen LogP contribution is -2.37. The summed E-state index contributed by atoms with van der Waals surface area (Å²) in [5.41, 5.74) is 1.93. The monoisotopic (exact) mass is 381 g/mol. The summed E-state index contributed by atoms with van der Waals surface area (Å²) in [6.07, 6.45) is -0.954. The van der Waals surface area contributed by atoms with E-state index in [9.17, 15) is 9.59 Å². The predicted molar refractivity (Wildman–Crippen MR) is 107 cm³/mol. The van der Waals surface area contributed by atoms with Crippen LogP contribution >= 0.6 is 0 Å². The van der Waals surface area contributed by atoms with E-state index in [0.717, 1.165) is 11.1 Å². The number of carbonyl (C=O) groups excluding carboxylic acids is 2. The second kappa shape index (κ2) is 8.17. The second-order valence-electron chi connectivity index (χ2n) is 6.43. The Labute approximate surface area is 163 Å². The van der Waals surface area contributed by atoms with Crippen molar-refractivity contribution in [2.75, 3.05) is 18.6 Å². The quantitative estimate of drug-likeness (QED) is 0.594. The Morgan fingerprint density at radius 2 is 1.86 bits per heavy atom. The third kappa shape index (κ3) is 3.86. The first-order valence-electron chi connectivity index (χ1n) is 9.12. The van der Waals surface area contributed by atoms with Crippen molar-refractivity contribution in [3.63, 3.8) is 0 Å². The molecule has 0 N–H and O–H groups in total. The predicted octanol–water partition coefficient (Wildman–Crippen LogP) is 4.35. The van der Waals surface area contributed by atoms with Gasteiger partial charge < -0.3 is 18.8 Å². The molecule has 0 aliphatic heterocycles. The summed E-state index contributed by atoms with van der Waals surface area (Å²) < 4.78 is 16.5. The highest BCUT2D eigenvalue weighted by molar-refractivity contribution is 6.00. The van der Waals surface area contributed by atoms with Gasteiger partial charge in [-0.2, -0.15) is 0 Å². The number of amides is 1. The highest BCUT2D eigenvalue weighted by Gasteiger charge is 2.26. The van der Waals surface area contributed by atoms with Crippen molar-refractivity contribution < 1.29 is 23.5 Å². The molecule has 6 heteroatoms. The number of benzene rings is 2. The molecule has 1 aromatic heterocycles. The molecule has 0 fully saturated rings. The molecule has 28 heavy (non-hydrogen) atoms. The number of hydrogen-bond acceptors (Lipinski definition) is 5. The van der Waals surface area contributed by atoms with Gasteiger partial charge in [0.15, 0.2) is 6.10 Å². The largest absolute Gasteiger partial charge is 0.494 e. The third-order valence-corrected chi connectivity index (χ3v) is 4.51. The number of furan rings is 1. The molecule has 0 aliphatic rings. The van der Waals surface area contributed by atoms with Crippen molar-refractivity contribution in [1.82, 2.24) is 0 Å². The molecule has 0 unspecified atom stereocenters. The Hall–Kier alpha value is -3.28. The zero-order valence-corrected chi connectivity index (χ0v) is 16.4. The Kier molecular flexibility index (Phi) is 5.68. The molecule has 1 amide bonds. The highest BCUT2D eigenvalue weighted by Crippen LogP contribution is 2.29. The highest BCUT2D eigenvalue weighted by atomic mass is 16.6. The van der Waals surface area contributed by atoms with Crippen LogP contribution in [0.5, 0.6) is 5.75 Å². The number of likely N-dealkylation sites (N-methyl/N-ethyl adjacent to an activating group) is 1. The van der Waals surface area contributed by atoms with Crippen molar-refractivity contribution in [1.29, 1.82) is 0 Å². The van der Waals surface area contributed by atoms with Crippen molar-refractivity contribution >= 4 is 28.5 Å². The van der Waals surface area contributed by atoms with Gasteiger partial charge in [-0.3, -0.25) is 4.79 Å². The summed E-state index contributed by atoms with van der Waals surface area (Å²) in [5.74, 6) is -0.210. The van der Waals surface area contributed by atoms with Crippen molar-refractivity contribution in [2.45, 2.75) is 26.9 Å². The molecule has 2 aromatic carbocycles. The van der Waals surface area contributed by atoms with Gasteiger partial charge in [0.1, 0.15) is 11.3 Å². The van der Waals surface area contributed by atoms with E-state index in [2.05, 4.69) is 0 Å². The SMILES string of the molecule is CCOc1ccc2oc(C(=O)O[C@H](C)C(=O)N(C)c3ccccc3)c(C)c2c1. The second-order valence-corrected chi connectivity index (χ2v) is 6.43. The zero-order chi connectivity index (χ0) is 20.3. The Morgan fingerprint density at radius 1 is 1.14 bits per heavy atom. The van der Waals surface area contributed by atoms with Crippen LogP contribution in [0.25, 0.3) is 11.0 Å². The smallest absolute Gasteiger partial charge is 0.375 e. The molecule has 0 aliphatic carbocycles. The number of anilines is 1. The summed E-state index contributed by atoms with van der Waals surface area (Å²) in [7, 11) is 1.64. The minimum absolute atomic E-state index is 0.0886. The van der Waals surface area contributed by atoms with Gasteiger partial charge in [-0.05, 0) is 51.1 Å². The fraction of sp³-hybridized carbons (Fsp3) is 0.273. The van der Waals surface area contributed by atoms with Crippen molar-refractivity contribution in [3.05, 3.63) is 59.9 Å². The van der Waals surface area contributed by atoms with Crippen LogP contribution < -0.4 is 9.64 Å². The van der Waals surface area contributed by atoms with Crippen LogP contribution in [0.1, 0.15) is 30.0 Å². The maximum atomic E-state index is 12.6. The standard InChI is InChI=1S/C22H23NO5/c1-5-26-17-11-12-19-18(13-17)14(2)20(28-19)22(25)27-15(3)21(24)23(4)16-9-7-6-8-10-16/h6-13,15H,5H2,1-4H3/t15-/m1/s1. The fourth-order valence-corrected chi connectivity index (χ4v) is 2.97. The van der Waals surface area contributed by atoms with Crippen LogP contribution in [-0.2, 0) is 9.53 Å². The summed E-state index contributed by atoms with van der Waals surface area (Å²) in [6.45, 7) is 5.78. The number of aryl methyl sites for hydroxylation is 1. The van der Waals surface area contributed by atoms with Gasteiger partial charge in [-0.1, -0.05) is 18.2 Å². The van der Waals surface area contributed by atoms with E-state index >= 15 is 0 Å². The van der Waals surface area contributed by atoms with Crippen LogP contribution in [-0.4, -0.2) is 31.6 Å². The van der Waals surface area contributed by atoms with Gasteiger partial charge in [0, 0.05) is 23.7 Å². The minimum atomic E-state index is -0.954. The third-order valence-electron chi connectivity index (χ3n) is 4.51. The molecule has 6 nitrogen and oxygen atoms in total. The number of carbonyl (C=O) groups is 2. The van der Waals surface area contributed by atoms with Crippen LogP contribution in [0.15, 0.2) is 52.9 Å². The van der Waals surface area contributed by atoms with Gasteiger partial charge in [-0.25, -0.2) is 4.79 Å². The lowest BCUT2D eigenvalue weighted by molar-refractivity contribution is -0.126. The molecule has 0 saturated carbocycles. The van der Waals surface area contributed by atoms with Crippen LogP contribution in [0.2, 0.25) is 0 Å². The molecule has 1 heterocycles. The van der Waals surface area contributed by atoms with Crippen LogP contribution in [0, 0.1) is 6.92 Å². The Morgan fingerprint density at radius 3 is 2.54 bits per heavy atom.